The second-order valence-electron chi connectivity index (χ2n) is 9.93. The molecule has 3 heterocycles. The lowest BCUT2D eigenvalue weighted by atomic mass is 9.97. The number of aromatic amines is 1. The van der Waals surface area contributed by atoms with Gasteiger partial charge in [-0.1, -0.05) is 24.3 Å². The fourth-order valence-electron chi connectivity index (χ4n) is 4.93. The molecule has 5 rings (SSSR count). The van der Waals surface area contributed by atoms with Gasteiger partial charge in [0, 0.05) is 66.7 Å². The summed E-state index contributed by atoms with van der Waals surface area (Å²) in [6.45, 7) is 3.75. The Balaban J connectivity index is 1.03. The fraction of sp³-hybridized carbons (Fsp3) is 0.333. The van der Waals surface area contributed by atoms with E-state index in [-0.39, 0.29) is 23.6 Å². The molecular formula is C30H33N5O4S. The summed E-state index contributed by atoms with van der Waals surface area (Å²) in [5.74, 6) is 0.731. The van der Waals surface area contributed by atoms with Crippen LogP contribution in [-0.2, 0) is 16.0 Å². The molecule has 0 saturated carbocycles. The molecule has 4 aromatic rings. The van der Waals surface area contributed by atoms with Gasteiger partial charge in [0.25, 0.3) is 5.91 Å². The van der Waals surface area contributed by atoms with Gasteiger partial charge in [0.15, 0.2) is 0 Å². The van der Waals surface area contributed by atoms with Crippen molar-refractivity contribution in [2.24, 2.45) is 0 Å². The van der Waals surface area contributed by atoms with Crippen molar-refractivity contribution in [1.29, 1.82) is 0 Å². The van der Waals surface area contributed by atoms with Crippen molar-refractivity contribution in [2.45, 2.75) is 38.5 Å². The predicted molar refractivity (Wildman–Crippen MR) is 156 cm³/mol. The van der Waals surface area contributed by atoms with Crippen LogP contribution in [0.3, 0.4) is 0 Å². The number of aromatic nitrogens is 2. The maximum absolute atomic E-state index is 12.9. The van der Waals surface area contributed by atoms with Crippen LogP contribution < -0.4 is 15.4 Å². The topological polar surface area (TPSA) is 116 Å². The first-order chi connectivity index (χ1) is 19.5. The van der Waals surface area contributed by atoms with Crippen LogP contribution in [0.5, 0.6) is 5.75 Å². The molecule has 1 aliphatic rings. The fourth-order valence-corrected chi connectivity index (χ4v) is 5.90. The highest BCUT2D eigenvalue weighted by atomic mass is 32.1. The zero-order valence-electron chi connectivity index (χ0n) is 22.4. The third-order valence-electron chi connectivity index (χ3n) is 7.00. The van der Waals surface area contributed by atoms with Crippen molar-refractivity contribution in [2.75, 3.05) is 31.6 Å². The van der Waals surface area contributed by atoms with Gasteiger partial charge in [0.05, 0.1) is 18.0 Å². The van der Waals surface area contributed by atoms with E-state index >= 15 is 0 Å². The normalized spacial score (nSPS) is 13.8. The van der Waals surface area contributed by atoms with Gasteiger partial charge in [-0.25, -0.2) is 4.98 Å². The van der Waals surface area contributed by atoms with Gasteiger partial charge in [-0.05, 0) is 43.0 Å². The van der Waals surface area contributed by atoms with Crippen LogP contribution >= 0.6 is 11.3 Å². The van der Waals surface area contributed by atoms with Crippen LogP contribution in [0, 0.1) is 0 Å². The highest BCUT2D eigenvalue weighted by molar-refractivity contribution is 7.09. The number of hydrogen-bond acceptors (Lipinski definition) is 6. The molecule has 0 bridgehead atoms. The Hall–Kier alpha value is -4.18. The lowest BCUT2D eigenvalue weighted by molar-refractivity contribution is -0.131. The summed E-state index contributed by atoms with van der Waals surface area (Å²) in [4.78, 5) is 46.6. The average molecular weight is 560 g/mol. The molecule has 0 aliphatic carbocycles. The Morgan fingerprint density at radius 3 is 2.77 bits per heavy atom. The summed E-state index contributed by atoms with van der Waals surface area (Å²) >= 11 is 1.51. The number of para-hydroxylation sites is 1. The molecule has 0 atom stereocenters. The lowest BCUT2D eigenvalue weighted by Crippen LogP contribution is -2.38. The summed E-state index contributed by atoms with van der Waals surface area (Å²) < 4.78 is 5.73. The number of carbonyl (C=O) groups is 3. The zero-order chi connectivity index (χ0) is 27.9. The maximum Gasteiger partial charge on any atom is 0.270 e. The van der Waals surface area contributed by atoms with Gasteiger partial charge in [-0.15, -0.1) is 11.3 Å². The molecule has 1 saturated heterocycles. The number of fused-ring (bicyclic) bond motifs is 1. The van der Waals surface area contributed by atoms with Crippen LogP contribution in [0.4, 0.5) is 5.69 Å². The van der Waals surface area contributed by atoms with Crippen LogP contribution in [0.2, 0.25) is 0 Å². The van der Waals surface area contributed by atoms with Gasteiger partial charge in [-0.3, -0.25) is 14.4 Å². The number of benzene rings is 2. The highest BCUT2D eigenvalue weighted by Gasteiger charge is 2.26. The maximum atomic E-state index is 12.9. The lowest BCUT2D eigenvalue weighted by Gasteiger charge is -2.31. The Labute approximate surface area is 236 Å². The summed E-state index contributed by atoms with van der Waals surface area (Å²) in [6.07, 6.45) is 4.64. The molecule has 0 unspecified atom stereocenters. The number of piperidine rings is 1. The molecule has 10 heteroatoms. The summed E-state index contributed by atoms with van der Waals surface area (Å²) in [5, 5.41) is 9.49. The Morgan fingerprint density at radius 2 is 1.95 bits per heavy atom. The van der Waals surface area contributed by atoms with E-state index < -0.39 is 0 Å². The van der Waals surface area contributed by atoms with Gasteiger partial charge in [-0.2, -0.15) is 0 Å². The number of hydrogen-bond donors (Lipinski definition) is 3. The molecule has 0 spiro atoms. The molecule has 3 N–H and O–H groups in total. The third-order valence-corrected chi connectivity index (χ3v) is 8.01. The molecule has 0 radical (unpaired) electrons. The van der Waals surface area contributed by atoms with Crippen molar-refractivity contribution in [3.8, 4) is 5.75 Å². The molecule has 208 valence electrons. The number of carbonyl (C=O) groups excluding carboxylic acids is 3. The van der Waals surface area contributed by atoms with Crippen molar-refractivity contribution >= 4 is 45.6 Å². The van der Waals surface area contributed by atoms with E-state index in [0.29, 0.717) is 56.2 Å². The molecule has 40 heavy (non-hydrogen) atoms. The number of nitrogens with zero attached hydrogens (tertiary/aromatic N) is 2. The van der Waals surface area contributed by atoms with Crippen LogP contribution in [0.15, 0.2) is 60.1 Å². The van der Waals surface area contributed by atoms with Crippen molar-refractivity contribution in [3.63, 3.8) is 0 Å². The number of amides is 3. The van der Waals surface area contributed by atoms with E-state index in [0.717, 1.165) is 34.3 Å². The smallest absolute Gasteiger partial charge is 0.270 e. The molecule has 3 amide bonds. The number of ether oxygens (including phenoxy) is 1. The Kier molecular flexibility index (Phi) is 8.75. The molecule has 2 aromatic carbocycles. The van der Waals surface area contributed by atoms with Gasteiger partial charge >= 0.3 is 0 Å². The second-order valence-corrected chi connectivity index (χ2v) is 10.8. The minimum absolute atomic E-state index is 0.136. The van der Waals surface area contributed by atoms with E-state index in [1.165, 1.54) is 18.3 Å². The number of thiazole rings is 1. The molecule has 9 nitrogen and oxygen atoms in total. The van der Waals surface area contributed by atoms with E-state index in [1.54, 1.807) is 12.1 Å². The quantitative estimate of drug-likeness (QED) is 0.243. The number of rotatable bonds is 10. The van der Waals surface area contributed by atoms with Crippen LogP contribution in [0.1, 0.15) is 53.2 Å². The van der Waals surface area contributed by atoms with Crippen LogP contribution in [-0.4, -0.2) is 58.8 Å². The van der Waals surface area contributed by atoms with Gasteiger partial charge < -0.3 is 25.3 Å². The van der Waals surface area contributed by atoms with Crippen molar-refractivity contribution < 1.29 is 19.1 Å². The van der Waals surface area contributed by atoms with Gasteiger partial charge in [0.1, 0.15) is 11.4 Å². The minimum atomic E-state index is -0.193. The second kappa shape index (κ2) is 12.8. The summed E-state index contributed by atoms with van der Waals surface area (Å²) in [5.41, 5.74) is 3.19. The summed E-state index contributed by atoms with van der Waals surface area (Å²) in [6, 6.07) is 15.2. The number of H-pyrrole nitrogens is 1. The first-order valence-corrected chi connectivity index (χ1v) is 14.4. The molecular weight excluding hydrogens is 526 g/mol. The molecule has 2 aromatic heterocycles. The number of likely N-dealkylation sites (tertiary alicyclic amines) is 1. The minimum Gasteiger partial charge on any atom is -0.493 e. The van der Waals surface area contributed by atoms with E-state index in [1.807, 2.05) is 52.9 Å². The van der Waals surface area contributed by atoms with Crippen molar-refractivity contribution in [1.82, 2.24) is 20.2 Å². The standard InChI is InChI=1S/C30H33N5O4S/c1-20(36)33-23-6-4-7-24(17-23)39-15-5-12-31-29(38)27-19-40-30(34-27)21-10-13-35(14-11-21)28(37)16-22-18-32-26-9-3-2-8-25(22)26/h2-4,6-9,17-19,21,32H,5,10-16H2,1H3,(H,31,38)(H,33,36). The predicted octanol–water partition coefficient (Wildman–Crippen LogP) is 4.73. The number of anilines is 1. The van der Waals surface area contributed by atoms with E-state index in [2.05, 4.69) is 20.6 Å². The van der Waals surface area contributed by atoms with Gasteiger partial charge in [0.2, 0.25) is 11.8 Å². The Morgan fingerprint density at radius 1 is 1.12 bits per heavy atom. The third kappa shape index (κ3) is 6.87. The molecule has 1 fully saturated rings. The highest BCUT2D eigenvalue weighted by Crippen LogP contribution is 2.31. The van der Waals surface area contributed by atoms with E-state index in [9.17, 15) is 14.4 Å². The average Bonchev–Trinajstić information content (AvgIpc) is 3.61. The largest absolute Gasteiger partial charge is 0.493 e. The molecule has 1 aliphatic heterocycles. The summed E-state index contributed by atoms with van der Waals surface area (Å²) in [7, 11) is 0. The zero-order valence-corrected chi connectivity index (χ0v) is 23.3. The number of nitrogens with one attached hydrogen (secondary N) is 3. The Bertz CT molecular complexity index is 1490. The SMILES string of the molecule is CC(=O)Nc1cccc(OCCCNC(=O)c2csc(C3CCN(C(=O)Cc4c[nH]c5ccccc45)CC3)n2)c1. The first-order valence-electron chi connectivity index (χ1n) is 13.5. The first kappa shape index (κ1) is 27.4. The van der Waals surface area contributed by atoms with Crippen molar-refractivity contribution in [3.05, 3.63) is 76.4 Å². The van der Waals surface area contributed by atoms with E-state index in [4.69, 9.17) is 4.74 Å². The van der Waals surface area contributed by atoms with Crippen LogP contribution in [0.25, 0.3) is 10.9 Å². The monoisotopic (exact) mass is 559 g/mol.